The van der Waals surface area contributed by atoms with Gasteiger partial charge >= 0.3 is 5.97 Å². The Bertz CT molecular complexity index is 457. The number of hydrogen-bond acceptors (Lipinski definition) is 3. The quantitative estimate of drug-likeness (QED) is 0.759. The van der Waals surface area contributed by atoms with Gasteiger partial charge in [-0.3, -0.25) is 4.79 Å². The number of carboxylic acids is 1. The minimum Gasteiger partial charge on any atom is -0.480 e. The van der Waals surface area contributed by atoms with E-state index in [1.54, 1.807) is 0 Å². The summed E-state index contributed by atoms with van der Waals surface area (Å²) in [6.07, 6.45) is 0.441. The minimum absolute atomic E-state index is 0.223. The first-order chi connectivity index (χ1) is 9.38. The molecule has 0 fully saturated rings. The molecule has 1 aromatic rings. The number of benzene rings is 1. The van der Waals surface area contributed by atoms with Crippen LogP contribution in [0.2, 0.25) is 0 Å². The molecule has 0 saturated heterocycles. The highest BCUT2D eigenvalue weighted by Gasteiger charge is 2.20. The SMILES string of the molecule is Cc1ccc(SCC(=O)N[C@H](CC(C)C)C(=O)O)cc1. The van der Waals surface area contributed by atoms with Gasteiger partial charge in [-0.05, 0) is 31.4 Å². The largest absolute Gasteiger partial charge is 0.480 e. The van der Waals surface area contributed by atoms with Gasteiger partial charge in [0.05, 0.1) is 5.75 Å². The van der Waals surface area contributed by atoms with Gasteiger partial charge in [0.2, 0.25) is 5.91 Å². The molecule has 0 bridgehead atoms. The highest BCUT2D eigenvalue weighted by Crippen LogP contribution is 2.18. The van der Waals surface area contributed by atoms with E-state index in [2.05, 4.69) is 5.32 Å². The standard InChI is InChI=1S/C15H21NO3S/c1-10(2)8-13(15(18)19)16-14(17)9-20-12-6-4-11(3)5-7-12/h4-7,10,13H,8-9H2,1-3H3,(H,16,17)(H,18,19)/t13-/m1/s1. The molecule has 0 aliphatic rings. The first-order valence-electron chi connectivity index (χ1n) is 6.60. The van der Waals surface area contributed by atoms with Crippen molar-refractivity contribution in [1.82, 2.24) is 5.32 Å². The Balaban J connectivity index is 2.45. The van der Waals surface area contributed by atoms with Gasteiger partial charge < -0.3 is 10.4 Å². The fourth-order valence-corrected chi connectivity index (χ4v) is 2.42. The number of thioether (sulfide) groups is 1. The zero-order valence-electron chi connectivity index (χ0n) is 12.1. The summed E-state index contributed by atoms with van der Waals surface area (Å²) in [5.74, 6) is -0.776. The van der Waals surface area contributed by atoms with Gasteiger partial charge in [-0.2, -0.15) is 0 Å². The first-order valence-corrected chi connectivity index (χ1v) is 7.58. The van der Waals surface area contributed by atoms with Gasteiger partial charge in [0.25, 0.3) is 0 Å². The maximum atomic E-state index is 11.8. The number of rotatable bonds is 7. The van der Waals surface area contributed by atoms with Crippen molar-refractivity contribution in [3.05, 3.63) is 29.8 Å². The van der Waals surface area contributed by atoms with Crippen molar-refractivity contribution in [3.63, 3.8) is 0 Å². The van der Waals surface area contributed by atoms with Gasteiger partial charge in [-0.15, -0.1) is 11.8 Å². The van der Waals surface area contributed by atoms with E-state index in [-0.39, 0.29) is 17.6 Å². The van der Waals surface area contributed by atoms with Crippen LogP contribution in [-0.2, 0) is 9.59 Å². The predicted molar refractivity (Wildman–Crippen MR) is 80.9 cm³/mol. The van der Waals surface area contributed by atoms with Crippen molar-refractivity contribution in [2.75, 3.05) is 5.75 Å². The van der Waals surface area contributed by atoms with Crippen LogP contribution in [-0.4, -0.2) is 28.8 Å². The number of aryl methyl sites for hydroxylation is 1. The summed E-state index contributed by atoms with van der Waals surface area (Å²) < 4.78 is 0. The second kappa shape index (κ2) is 7.94. The Kier molecular flexibility index (Phi) is 6.58. The summed E-state index contributed by atoms with van der Waals surface area (Å²) in [7, 11) is 0. The van der Waals surface area contributed by atoms with Gasteiger partial charge in [0.1, 0.15) is 6.04 Å². The smallest absolute Gasteiger partial charge is 0.326 e. The number of carbonyl (C=O) groups excluding carboxylic acids is 1. The molecule has 20 heavy (non-hydrogen) atoms. The lowest BCUT2D eigenvalue weighted by Crippen LogP contribution is -2.42. The van der Waals surface area contributed by atoms with E-state index in [9.17, 15) is 9.59 Å². The molecule has 1 rings (SSSR count). The van der Waals surface area contributed by atoms with Crippen molar-refractivity contribution in [2.45, 2.75) is 38.1 Å². The molecule has 110 valence electrons. The van der Waals surface area contributed by atoms with Crippen LogP contribution >= 0.6 is 11.8 Å². The van der Waals surface area contributed by atoms with Gasteiger partial charge in [-0.25, -0.2) is 4.79 Å². The van der Waals surface area contributed by atoms with Gasteiger partial charge in [0.15, 0.2) is 0 Å². The van der Waals surface area contributed by atoms with Crippen molar-refractivity contribution < 1.29 is 14.7 Å². The van der Waals surface area contributed by atoms with E-state index >= 15 is 0 Å². The van der Waals surface area contributed by atoms with Crippen LogP contribution in [0.4, 0.5) is 0 Å². The second-order valence-electron chi connectivity index (χ2n) is 5.19. The Morgan fingerprint density at radius 1 is 1.25 bits per heavy atom. The van der Waals surface area contributed by atoms with E-state index in [1.165, 1.54) is 17.3 Å². The normalized spacial score (nSPS) is 12.2. The third kappa shape index (κ3) is 6.10. The maximum absolute atomic E-state index is 11.8. The molecule has 0 spiro atoms. The van der Waals surface area contributed by atoms with Gasteiger partial charge in [0, 0.05) is 4.90 Å². The van der Waals surface area contributed by atoms with E-state index in [4.69, 9.17) is 5.11 Å². The van der Waals surface area contributed by atoms with E-state index in [0.29, 0.717) is 6.42 Å². The lowest BCUT2D eigenvalue weighted by Gasteiger charge is -2.16. The summed E-state index contributed by atoms with van der Waals surface area (Å²) in [4.78, 5) is 23.8. The van der Waals surface area contributed by atoms with Crippen molar-refractivity contribution >= 4 is 23.6 Å². The van der Waals surface area contributed by atoms with Crippen LogP contribution in [0.5, 0.6) is 0 Å². The Labute approximate surface area is 124 Å². The van der Waals surface area contributed by atoms with Crippen molar-refractivity contribution in [1.29, 1.82) is 0 Å². The molecule has 0 saturated carbocycles. The van der Waals surface area contributed by atoms with Crippen LogP contribution in [0, 0.1) is 12.8 Å². The molecule has 0 aromatic heterocycles. The number of hydrogen-bond donors (Lipinski definition) is 2. The molecule has 2 N–H and O–H groups in total. The Morgan fingerprint density at radius 2 is 1.85 bits per heavy atom. The molecule has 1 atom stereocenters. The summed E-state index contributed by atoms with van der Waals surface area (Å²) in [5, 5.41) is 11.6. The molecule has 0 aliphatic carbocycles. The van der Waals surface area contributed by atoms with E-state index < -0.39 is 12.0 Å². The highest BCUT2D eigenvalue weighted by molar-refractivity contribution is 8.00. The van der Waals surface area contributed by atoms with Crippen LogP contribution in [0.25, 0.3) is 0 Å². The topological polar surface area (TPSA) is 66.4 Å². The van der Waals surface area contributed by atoms with E-state index in [1.807, 2.05) is 45.0 Å². The number of carbonyl (C=O) groups is 2. The zero-order valence-corrected chi connectivity index (χ0v) is 12.9. The Hall–Kier alpha value is -1.49. The average Bonchev–Trinajstić information content (AvgIpc) is 2.36. The lowest BCUT2D eigenvalue weighted by atomic mass is 10.0. The predicted octanol–water partition coefficient (Wildman–Crippen LogP) is 2.70. The summed E-state index contributed by atoms with van der Waals surface area (Å²) >= 11 is 1.40. The molecule has 0 heterocycles. The molecule has 0 aliphatic heterocycles. The first kappa shape index (κ1) is 16.6. The van der Waals surface area contributed by atoms with Crippen molar-refractivity contribution in [2.24, 2.45) is 5.92 Å². The molecular weight excluding hydrogens is 274 g/mol. The van der Waals surface area contributed by atoms with Crippen molar-refractivity contribution in [3.8, 4) is 0 Å². The molecule has 4 nitrogen and oxygen atoms in total. The number of amides is 1. The third-order valence-electron chi connectivity index (χ3n) is 2.73. The molecule has 1 aromatic carbocycles. The molecule has 1 amide bonds. The summed E-state index contributed by atoms with van der Waals surface area (Å²) in [6, 6.07) is 7.07. The van der Waals surface area contributed by atoms with Crippen LogP contribution in [0.3, 0.4) is 0 Å². The highest BCUT2D eigenvalue weighted by atomic mass is 32.2. The number of nitrogens with one attached hydrogen (secondary N) is 1. The van der Waals surface area contributed by atoms with Crippen LogP contribution < -0.4 is 5.32 Å². The summed E-state index contributed by atoms with van der Waals surface area (Å²) in [6.45, 7) is 5.87. The lowest BCUT2D eigenvalue weighted by molar-refractivity contribution is -0.141. The van der Waals surface area contributed by atoms with Gasteiger partial charge in [-0.1, -0.05) is 31.5 Å². The zero-order chi connectivity index (χ0) is 15.1. The summed E-state index contributed by atoms with van der Waals surface area (Å²) in [5.41, 5.74) is 1.17. The third-order valence-corrected chi connectivity index (χ3v) is 3.74. The molecule has 0 radical (unpaired) electrons. The van der Waals surface area contributed by atoms with Crippen LogP contribution in [0.1, 0.15) is 25.8 Å². The fraction of sp³-hybridized carbons (Fsp3) is 0.467. The maximum Gasteiger partial charge on any atom is 0.326 e. The monoisotopic (exact) mass is 295 g/mol. The number of carboxylic acid groups (broad SMARTS) is 1. The second-order valence-corrected chi connectivity index (χ2v) is 6.24. The average molecular weight is 295 g/mol. The molecule has 0 unspecified atom stereocenters. The Morgan fingerprint density at radius 3 is 2.35 bits per heavy atom. The molecular formula is C15H21NO3S. The van der Waals surface area contributed by atoms with E-state index in [0.717, 1.165) is 4.90 Å². The minimum atomic E-state index is -0.979. The van der Waals surface area contributed by atoms with Crippen LogP contribution in [0.15, 0.2) is 29.2 Å². The number of aliphatic carboxylic acids is 1. The molecule has 5 heteroatoms. The fourth-order valence-electron chi connectivity index (χ4n) is 1.71.